The highest BCUT2D eigenvalue weighted by molar-refractivity contribution is 7.15. The molecule has 0 aliphatic carbocycles. The Balaban J connectivity index is 2.79. The first-order chi connectivity index (χ1) is 8.19. The van der Waals surface area contributed by atoms with Crippen LogP contribution in [0.15, 0.2) is 29.4 Å². The van der Waals surface area contributed by atoms with Crippen molar-refractivity contribution in [3.8, 4) is 0 Å². The van der Waals surface area contributed by atoms with E-state index in [9.17, 15) is 4.79 Å². The molecule has 0 saturated carbocycles. The number of ether oxygens (including phenoxy) is 1. The second kappa shape index (κ2) is 6.70. The second-order valence-electron chi connectivity index (χ2n) is 2.99. The predicted molar refractivity (Wildman–Crippen MR) is 67.4 cm³/mol. The molecular weight excluding hydrogens is 238 g/mol. The topological polar surface area (TPSA) is 64.4 Å². The number of allylic oxidation sites excluding steroid dienone is 3. The van der Waals surface area contributed by atoms with Gasteiger partial charge in [-0.05, 0) is 19.9 Å². The number of carbonyl (C=O) groups is 1. The van der Waals surface area contributed by atoms with E-state index in [0.29, 0.717) is 10.7 Å². The molecule has 0 radical (unpaired) electrons. The number of rotatable bonds is 4. The van der Waals surface area contributed by atoms with Crippen molar-refractivity contribution in [2.45, 2.75) is 13.8 Å². The van der Waals surface area contributed by atoms with Crippen molar-refractivity contribution in [3.05, 3.63) is 34.4 Å². The molecule has 0 N–H and O–H groups in total. The normalized spacial score (nSPS) is 12.5. The summed E-state index contributed by atoms with van der Waals surface area (Å²) in [5, 5.41) is 8.43. The zero-order valence-electron chi connectivity index (χ0n) is 9.88. The zero-order valence-corrected chi connectivity index (χ0v) is 10.7. The molecule has 0 unspecified atom stereocenters. The minimum Gasteiger partial charge on any atom is -0.464 e. The fourth-order valence-corrected chi connectivity index (χ4v) is 1.62. The van der Waals surface area contributed by atoms with Crippen LogP contribution in [0.1, 0.15) is 28.7 Å². The lowest BCUT2D eigenvalue weighted by molar-refractivity contribution is 0.0599. The summed E-state index contributed by atoms with van der Waals surface area (Å²) < 4.78 is 4.55. The van der Waals surface area contributed by atoms with E-state index in [1.165, 1.54) is 7.11 Å². The van der Waals surface area contributed by atoms with Crippen LogP contribution in [0.2, 0.25) is 0 Å². The third kappa shape index (κ3) is 3.92. The predicted octanol–water partition coefficient (Wildman–Crippen LogP) is 2.22. The monoisotopic (exact) mass is 251 g/mol. The fourth-order valence-electron chi connectivity index (χ4n) is 0.910. The Morgan fingerprint density at radius 2 is 2.06 bits per heavy atom. The first-order valence-corrected chi connectivity index (χ1v) is 5.75. The van der Waals surface area contributed by atoms with Crippen LogP contribution in [-0.2, 0) is 4.74 Å². The zero-order chi connectivity index (χ0) is 12.7. The van der Waals surface area contributed by atoms with Crippen molar-refractivity contribution >= 4 is 23.0 Å². The summed E-state index contributed by atoms with van der Waals surface area (Å²) in [4.78, 5) is 15.3. The number of aliphatic imine (C=N–C) groups is 1. The van der Waals surface area contributed by atoms with Crippen LogP contribution in [0.5, 0.6) is 0 Å². The molecule has 17 heavy (non-hydrogen) atoms. The molecule has 1 heterocycles. The van der Waals surface area contributed by atoms with Gasteiger partial charge in [0.1, 0.15) is 0 Å². The smallest absolute Gasteiger partial charge is 0.369 e. The molecule has 1 aromatic heterocycles. The number of hydrogen-bond donors (Lipinski definition) is 0. The van der Waals surface area contributed by atoms with Gasteiger partial charge in [0.05, 0.1) is 12.8 Å². The number of nitrogens with zero attached hydrogens (tertiary/aromatic N) is 3. The van der Waals surface area contributed by atoms with Crippen LogP contribution in [-0.4, -0.2) is 29.0 Å². The molecule has 6 heteroatoms. The molecule has 5 nitrogen and oxygen atoms in total. The Labute approximate surface area is 104 Å². The van der Waals surface area contributed by atoms with Crippen LogP contribution in [0.4, 0.5) is 0 Å². The van der Waals surface area contributed by atoms with Gasteiger partial charge in [-0.1, -0.05) is 23.5 Å². The number of carbonyl (C=O) groups excluding carboxylic acids is 1. The molecule has 90 valence electrons. The molecule has 0 atom stereocenters. The largest absolute Gasteiger partial charge is 0.464 e. The van der Waals surface area contributed by atoms with E-state index in [0.717, 1.165) is 11.3 Å². The van der Waals surface area contributed by atoms with E-state index in [1.807, 2.05) is 32.1 Å². The Bertz CT molecular complexity index is 475. The van der Waals surface area contributed by atoms with Gasteiger partial charge in [0.2, 0.25) is 5.01 Å². The Morgan fingerprint density at radius 1 is 1.35 bits per heavy atom. The first-order valence-electron chi connectivity index (χ1n) is 4.93. The third-order valence-corrected chi connectivity index (χ3v) is 2.76. The SMILES string of the molecule is C/C=C/C=C\N=C(/C)c1nnc(C(=O)OC)s1. The maximum Gasteiger partial charge on any atom is 0.369 e. The molecule has 1 rings (SSSR count). The van der Waals surface area contributed by atoms with Gasteiger partial charge in [0, 0.05) is 6.20 Å². The van der Waals surface area contributed by atoms with Gasteiger partial charge < -0.3 is 4.74 Å². The van der Waals surface area contributed by atoms with E-state index < -0.39 is 5.97 Å². The molecule has 0 aliphatic heterocycles. The molecule has 1 aromatic rings. The maximum absolute atomic E-state index is 11.2. The van der Waals surface area contributed by atoms with Gasteiger partial charge in [-0.2, -0.15) is 0 Å². The second-order valence-corrected chi connectivity index (χ2v) is 3.96. The van der Waals surface area contributed by atoms with Gasteiger partial charge in [-0.25, -0.2) is 4.79 Å². The highest BCUT2D eigenvalue weighted by Gasteiger charge is 2.13. The maximum atomic E-state index is 11.2. The van der Waals surface area contributed by atoms with E-state index in [1.54, 1.807) is 6.20 Å². The van der Waals surface area contributed by atoms with Gasteiger partial charge in [-0.3, -0.25) is 4.99 Å². The molecule has 0 amide bonds. The lowest BCUT2D eigenvalue weighted by Crippen LogP contribution is -1.99. The summed E-state index contributed by atoms with van der Waals surface area (Å²) >= 11 is 1.16. The van der Waals surface area contributed by atoms with Crippen molar-refractivity contribution in [1.82, 2.24) is 10.2 Å². The van der Waals surface area contributed by atoms with Gasteiger partial charge in [0.15, 0.2) is 5.01 Å². The Morgan fingerprint density at radius 3 is 2.71 bits per heavy atom. The summed E-state index contributed by atoms with van der Waals surface area (Å²) in [7, 11) is 1.31. The minimum absolute atomic E-state index is 0.231. The van der Waals surface area contributed by atoms with E-state index in [4.69, 9.17) is 0 Å². The van der Waals surface area contributed by atoms with Crippen molar-refractivity contribution in [3.63, 3.8) is 0 Å². The Hall–Kier alpha value is -1.82. The van der Waals surface area contributed by atoms with E-state index in [-0.39, 0.29) is 5.01 Å². The van der Waals surface area contributed by atoms with Gasteiger partial charge in [-0.15, -0.1) is 10.2 Å². The van der Waals surface area contributed by atoms with Gasteiger partial charge >= 0.3 is 5.97 Å². The fraction of sp³-hybridized carbons (Fsp3) is 0.273. The number of esters is 1. The molecule has 0 aliphatic rings. The third-order valence-electron chi connectivity index (χ3n) is 1.75. The number of aromatic nitrogens is 2. The van der Waals surface area contributed by atoms with Crippen molar-refractivity contribution in [2.75, 3.05) is 7.11 Å². The highest BCUT2D eigenvalue weighted by atomic mass is 32.1. The molecule has 0 aromatic carbocycles. The summed E-state index contributed by atoms with van der Waals surface area (Å²) in [6.45, 7) is 3.73. The molecule has 0 fully saturated rings. The average Bonchev–Trinajstić information content (AvgIpc) is 2.83. The summed E-state index contributed by atoms with van der Waals surface area (Å²) in [6, 6.07) is 0. The van der Waals surface area contributed by atoms with Crippen molar-refractivity contribution in [1.29, 1.82) is 0 Å². The van der Waals surface area contributed by atoms with E-state index >= 15 is 0 Å². The van der Waals surface area contributed by atoms with Crippen LogP contribution in [0, 0.1) is 0 Å². The Kier molecular flexibility index (Phi) is 5.22. The molecule has 0 spiro atoms. The highest BCUT2D eigenvalue weighted by Crippen LogP contribution is 2.11. The molecule has 0 bridgehead atoms. The minimum atomic E-state index is -0.481. The van der Waals surface area contributed by atoms with Crippen molar-refractivity contribution < 1.29 is 9.53 Å². The summed E-state index contributed by atoms with van der Waals surface area (Å²) in [5.74, 6) is -0.481. The lowest BCUT2D eigenvalue weighted by Gasteiger charge is -1.90. The van der Waals surface area contributed by atoms with Crippen LogP contribution in [0.25, 0.3) is 0 Å². The van der Waals surface area contributed by atoms with Crippen molar-refractivity contribution in [2.24, 2.45) is 4.99 Å². The number of methoxy groups -OCH3 is 1. The molecular formula is C11H13N3O2S. The molecule has 0 saturated heterocycles. The summed E-state index contributed by atoms with van der Waals surface area (Å²) in [5.41, 5.74) is 0.707. The van der Waals surface area contributed by atoms with Crippen LogP contribution < -0.4 is 0 Å². The number of hydrogen-bond acceptors (Lipinski definition) is 6. The quantitative estimate of drug-likeness (QED) is 0.467. The average molecular weight is 251 g/mol. The summed E-state index contributed by atoms with van der Waals surface area (Å²) in [6.07, 6.45) is 7.25. The lowest BCUT2D eigenvalue weighted by atomic mass is 10.4. The standard InChI is InChI=1S/C11H13N3O2S/c1-4-5-6-7-12-8(2)9-13-14-10(17-9)11(15)16-3/h4-7H,1-3H3/b5-4+,7-6-,12-8+. The van der Waals surface area contributed by atoms with E-state index in [2.05, 4.69) is 19.9 Å². The van der Waals surface area contributed by atoms with Gasteiger partial charge in [0.25, 0.3) is 0 Å². The van der Waals surface area contributed by atoms with Crippen LogP contribution in [0.3, 0.4) is 0 Å². The first kappa shape index (κ1) is 13.2. The van der Waals surface area contributed by atoms with Crippen LogP contribution >= 0.6 is 11.3 Å².